The van der Waals surface area contributed by atoms with Crippen molar-refractivity contribution in [3.05, 3.63) is 92.7 Å². The molecule has 2 aromatic carbocycles. The Hall–Kier alpha value is -3.78. The summed E-state index contributed by atoms with van der Waals surface area (Å²) in [6.45, 7) is 5.34. The maximum absolute atomic E-state index is 14.6. The minimum absolute atomic E-state index is 0.0200. The highest BCUT2D eigenvalue weighted by Gasteiger charge is 2.25. The highest BCUT2D eigenvalue weighted by Crippen LogP contribution is 2.35. The van der Waals surface area contributed by atoms with E-state index in [2.05, 4.69) is 4.98 Å². The number of ether oxygens (including phenoxy) is 1. The number of aryl methyl sites for hydroxylation is 2. The van der Waals surface area contributed by atoms with Gasteiger partial charge in [-0.25, -0.2) is 18.6 Å². The molecule has 0 spiro atoms. The summed E-state index contributed by atoms with van der Waals surface area (Å²) in [4.78, 5) is 29.2. The van der Waals surface area contributed by atoms with Crippen molar-refractivity contribution in [3.8, 4) is 28.3 Å². The lowest BCUT2D eigenvalue weighted by molar-refractivity contribution is 0.0482. The number of rotatable bonds is 5. The lowest BCUT2D eigenvalue weighted by atomic mass is 10.1. The number of halogens is 3. The van der Waals surface area contributed by atoms with Crippen LogP contribution in [0.25, 0.3) is 28.3 Å². The fourth-order valence-corrected chi connectivity index (χ4v) is 4.07. The second-order valence-electron chi connectivity index (χ2n) is 7.56. The molecule has 0 aliphatic heterocycles. The molecule has 9 heteroatoms. The third-order valence-corrected chi connectivity index (χ3v) is 5.35. The van der Waals surface area contributed by atoms with E-state index in [0.29, 0.717) is 22.3 Å². The van der Waals surface area contributed by atoms with E-state index in [4.69, 9.17) is 20.8 Å². The van der Waals surface area contributed by atoms with E-state index in [9.17, 15) is 18.4 Å². The average molecular weight is 485 g/mol. The van der Waals surface area contributed by atoms with Gasteiger partial charge in [-0.1, -0.05) is 11.6 Å². The number of hydrogen-bond donors (Lipinski definition) is 0. The third kappa shape index (κ3) is 4.36. The first-order chi connectivity index (χ1) is 16.2. The molecular formula is C25H19ClF2N2O4. The van der Waals surface area contributed by atoms with Crippen molar-refractivity contribution < 1.29 is 22.7 Å². The highest BCUT2D eigenvalue weighted by atomic mass is 35.5. The van der Waals surface area contributed by atoms with Crippen molar-refractivity contribution in [2.45, 2.75) is 20.8 Å². The Morgan fingerprint density at radius 2 is 1.82 bits per heavy atom. The lowest BCUT2D eigenvalue weighted by Gasteiger charge is -2.14. The van der Waals surface area contributed by atoms with Crippen molar-refractivity contribution in [1.82, 2.24) is 9.55 Å². The van der Waals surface area contributed by atoms with Gasteiger partial charge in [0.1, 0.15) is 17.3 Å². The van der Waals surface area contributed by atoms with E-state index >= 15 is 0 Å². The van der Waals surface area contributed by atoms with Crippen LogP contribution < -0.4 is 5.56 Å². The van der Waals surface area contributed by atoms with Gasteiger partial charge in [0, 0.05) is 34.5 Å². The van der Waals surface area contributed by atoms with E-state index < -0.39 is 23.5 Å². The summed E-state index contributed by atoms with van der Waals surface area (Å²) in [6.07, 6.45) is 1.51. The van der Waals surface area contributed by atoms with E-state index in [-0.39, 0.29) is 29.2 Å². The minimum Gasteiger partial charge on any atom is -0.459 e. The van der Waals surface area contributed by atoms with Crippen LogP contribution in [-0.4, -0.2) is 22.1 Å². The molecule has 0 aliphatic rings. The molecule has 0 radical (unpaired) electrons. The van der Waals surface area contributed by atoms with Gasteiger partial charge in [0.25, 0.3) is 5.56 Å². The summed E-state index contributed by atoms with van der Waals surface area (Å²) in [5.74, 6) is -2.86. The first kappa shape index (κ1) is 23.4. The molecule has 0 amide bonds. The number of oxazole rings is 1. The topological polar surface area (TPSA) is 74.3 Å². The summed E-state index contributed by atoms with van der Waals surface area (Å²) in [6, 6.07) is 9.23. The predicted molar refractivity (Wildman–Crippen MR) is 123 cm³/mol. The van der Waals surface area contributed by atoms with Crippen LogP contribution in [0.4, 0.5) is 8.78 Å². The van der Waals surface area contributed by atoms with Crippen LogP contribution in [-0.2, 0) is 4.74 Å². The number of hydrogen-bond acceptors (Lipinski definition) is 5. The molecule has 6 nitrogen and oxygen atoms in total. The van der Waals surface area contributed by atoms with Crippen molar-refractivity contribution in [3.63, 3.8) is 0 Å². The van der Waals surface area contributed by atoms with Crippen LogP contribution in [0.2, 0.25) is 5.02 Å². The van der Waals surface area contributed by atoms with Crippen molar-refractivity contribution in [2.24, 2.45) is 0 Å². The second-order valence-corrected chi connectivity index (χ2v) is 7.99. The summed E-state index contributed by atoms with van der Waals surface area (Å²) >= 11 is 6.13. The second kappa shape index (κ2) is 9.23. The molecule has 0 saturated heterocycles. The van der Waals surface area contributed by atoms with E-state index in [1.807, 2.05) is 13.8 Å². The van der Waals surface area contributed by atoms with Gasteiger partial charge in [-0.2, -0.15) is 0 Å². The van der Waals surface area contributed by atoms with E-state index in [1.165, 1.54) is 29.0 Å². The Kier molecular flexibility index (Phi) is 6.34. The molecule has 34 heavy (non-hydrogen) atoms. The Bertz CT molecular complexity index is 1450. The molecular weight excluding hydrogens is 466 g/mol. The quantitative estimate of drug-likeness (QED) is 0.330. The molecule has 0 N–H and O–H groups in total. The number of carbonyl (C=O) groups is 1. The smallest absolute Gasteiger partial charge is 0.394 e. The van der Waals surface area contributed by atoms with E-state index in [0.717, 1.165) is 17.2 Å². The Labute approximate surface area is 198 Å². The average Bonchev–Trinajstić information content (AvgIpc) is 3.20. The maximum atomic E-state index is 14.6. The lowest BCUT2D eigenvalue weighted by Crippen LogP contribution is -2.18. The fraction of sp³-hybridized carbons (Fsp3) is 0.160. The largest absolute Gasteiger partial charge is 0.459 e. The zero-order chi connectivity index (χ0) is 24.6. The van der Waals surface area contributed by atoms with Gasteiger partial charge < -0.3 is 9.15 Å². The van der Waals surface area contributed by atoms with Gasteiger partial charge >= 0.3 is 11.9 Å². The summed E-state index contributed by atoms with van der Waals surface area (Å²) < 4.78 is 40.2. The molecule has 0 fully saturated rings. The maximum Gasteiger partial charge on any atom is 0.394 e. The fourth-order valence-electron chi connectivity index (χ4n) is 3.74. The summed E-state index contributed by atoms with van der Waals surface area (Å²) in [5, 5.41) is 0.534. The summed E-state index contributed by atoms with van der Waals surface area (Å²) in [7, 11) is 0. The van der Waals surface area contributed by atoms with Crippen LogP contribution >= 0.6 is 11.6 Å². The number of nitrogens with zero attached hydrogens (tertiary/aromatic N) is 2. The van der Waals surface area contributed by atoms with Gasteiger partial charge in [-0.3, -0.25) is 9.36 Å². The monoisotopic (exact) mass is 484 g/mol. The van der Waals surface area contributed by atoms with Crippen LogP contribution in [0.3, 0.4) is 0 Å². The first-order valence-electron chi connectivity index (χ1n) is 10.3. The third-order valence-electron chi connectivity index (χ3n) is 5.13. The van der Waals surface area contributed by atoms with Gasteiger partial charge in [-0.15, -0.1) is 0 Å². The van der Waals surface area contributed by atoms with Gasteiger partial charge in [0.2, 0.25) is 0 Å². The standard InChI is InChI=1S/C25H19ClF2N2O4/c1-4-33-25(32)24-29-21(18-7-6-17(27)11-19(18)28)23(34-24)15-5-8-20(31)30(12-15)22-13(2)9-16(26)10-14(22)3/h5-12H,4H2,1-3H3. The van der Waals surface area contributed by atoms with Crippen LogP contribution in [0, 0.1) is 25.5 Å². The molecule has 0 unspecified atom stereocenters. The molecule has 0 saturated carbocycles. The van der Waals surface area contributed by atoms with Crippen LogP contribution in [0.5, 0.6) is 0 Å². The van der Waals surface area contributed by atoms with Gasteiger partial charge in [-0.05, 0) is 62.2 Å². The highest BCUT2D eigenvalue weighted by molar-refractivity contribution is 6.30. The Morgan fingerprint density at radius 1 is 1.12 bits per heavy atom. The number of aromatic nitrogens is 2. The normalized spacial score (nSPS) is 11.0. The molecule has 4 rings (SSSR count). The number of carbonyl (C=O) groups excluding carboxylic acids is 1. The molecule has 0 atom stereocenters. The SMILES string of the molecule is CCOC(=O)c1nc(-c2ccc(F)cc2F)c(-c2ccc(=O)n(-c3c(C)cc(Cl)cc3C)c2)o1. The zero-order valence-corrected chi connectivity index (χ0v) is 19.2. The van der Waals surface area contributed by atoms with Crippen LogP contribution in [0.15, 0.2) is 57.9 Å². The first-order valence-corrected chi connectivity index (χ1v) is 10.7. The predicted octanol–water partition coefficient (Wildman–Crippen LogP) is 5.88. The Morgan fingerprint density at radius 3 is 2.47 bits per heavy atom. The van der Waals surface area contributed by atoms with E-state index in [1.54, 1.807) is 19.1 Å². The van der Waals surface area contributed by atoms with Crippen LogP contribution in [0.1, 0.15) is 28.7 Å². The minimum atomic E-state index is -0.886. The van der Waals surface area contributed by atoms with Crippen molar-refractivity contribution >= 4 is 17.6 Å². The van der Waals surface area contributed by atoms with Crippen molar-refractivity contribution in [2.75, 3.05) is 6.61 Å². The van der Waals surface area contributed by atoms with Gasteiger partial charge in [0.05, 0.1) is 12.3 Å². The molecule has 2 heterocycles. The number of esters is 1. The summed E-state index contributed by atoms with van der Waals surface area (Å²) in [5.41, 5.74) is 2.06. The van der Waals surface area contributed by atoms with Gasteiger partial charge in [0.15, 0.2) is 5.76 Å². The number of benzene rings is 2. The molecule has 174 valence electrons. The molecule has 0 aliphatic carbocycles. The molecule has 4 aromatic rings. The van der Waals surface area contributed by atoms with Crippen molar-refractivity contribution in [1.29, 1.82) is 0 Å². The number of pyridine rings is 1. The molecule has 2 aromatic heterocycles. The molecule has 0 bridgehead atoms. The Balaban J connectivity index is 1.95. The zero-order valence-electron chi connectivity index (χ0n) is 18.5.